The molecule has 2 saturated heterocycles. The minimum Gasteiger partial charge on any atom is -0.488 e. The van der Waals surface area contributed by atoms with Crippen LogP contribution >= 0.6 is 0 Å². The number of benzene rings is 2. The molecule has 6 heterocycles. The lowest BCUT2D eigenvalue weighted by atomic mass is 10.1. The number of aromatic nitrogens is 8. The number of piperazine rings is 1. The van der Waals surface area contributed by atoms with Gasteiger partial charge < -0.3 is 24.0 Å². The molecule has 14 heteroatoms. The summed E-state index contributed by atoms with van der Waals surface area (Å²) < 4.78 is 18.8. The highest BCUT2D eigenvalue weighted by Gasteiger charge is 2.57. The standard InChI is InChI=1S/C40H45N11O3/c1-24-20-49(35-17-32(41-22-43-35)37-28-15-26(53-39(3)9-10-39)5-7-30(28)45-47-37)11-12-51(24)34-19-40(34,4)54-27-6-8-31-29(16-27)38(48-46-31)33-18-36(44-23-42-33)50-13-14-52-25(2)21-50/h5-8,15-18,22-25,34H,9-14,19-21H2,1-4H3,(H,45,47)(H,46,48)/t24-,25-,34?,40?/m0/s1. The fraction of sp³-hybridized carbons (Fsp3) is 0.450. The highest BCUT2D eigenvalue weighted by atomic mass is 16.5. The predicted molar refractivity (Wildman–Crippen MR) is 206 cm³/mol. The van der Waals surface area contributed by atoms with E-state index in [1.54, 1.807) is 12.7 Å². The van der Waals surface area contributed by atoms with Crippen molar-refractivity contribution in [2.75, 3.05) is 49.1 Å². The van der Waals surface area contributed by atoms with E-state index in [4.69, 9.17) is 19.2 Å². The lowest BCUT2D eigenvalue weighted by molar-refractivity contribution is 0.0529. The van der Waals surface area contributed by atoms with Gasteiger partial charge in [-0.05, 0) is 76.9 Å². The van der Waals surface area contributed by atoms with E-state index in [0.717, 1.165) is 120 Å². The summed E-state index contributed by atoms with van der Waals surface area (Å²) in [6, 6.07) is 17.0. The van der Waals surface area contributed by atoms with Crippen LogP contribution in [0.1, 0.15) is 47.0 Å². The second-order valence-electron chi connectivity index (χ2n) is 15.9. The van der Waals surface area contributed by atoms with Gasteiger partial charge in [-0.1, -0.05) is 0 Å². The van der Waals surface area contributed by atoms with E-state index in [2.05, 4.69) is 95.9 Å². The molecule has 54 heavy (non-hydrogen) atoms. The Morgan fingerprint density at radius 3 is 1.93 bits per heavy atom. The van der Waals surface area contributed by atoms with E-state index in [0.29, 0.717) is 18.7 Å². The first-order valence-corrected chi connectivity index (χ1v) is 19.1. The van der Waals surface area contributed by atoms with Crippen LogP contribution in [0.4, 0.5) is 11.6 Å². The second-order valence-corrected chi connectivity index (χ2v) is 15.9. The van der Waals surface area contributed by atoms with Crippen LogP contribution in [0.3, 0.4) is 0 Å². The smallest absolute Gasteiger partial charge is 0.132 e. The SMILES string of the molecule is C[C@H]1CN(c2cc(-c3n[nH]c4ccc(OC5(C)CC5N5CCN(c6cc(-c7n[nH]c8ccc(OC9(C)CC9)cc78)ncn6)C[C@@H]5C)cc34)ncn2)CCO1. The van der Waals surface area contributed by atoms with Crippen LogP contribution < -0.4 is 19.3 Å². The average Bonchev–Trinajstić information content (AvgIpc) is 3.92. The Hall–Kier alpha value is -5.34. The van der Waals surface area contributed by atoms with Crippen molar-refractivity contribution in [3.05, 3.63) is 61.2 Å². The lowest BCUT2D eigenvalue weighted by Crippen LogP contribution is -2.54. The third-order valence-corrected chi connectivity index (χ3v) is 11.6. The molecule has 0 radical (unpaired) electrons. The molecule has 0 amide bonds. The number of morpholine rings is 1. The molecule has 14 nitrogen and oxygen atoms in total. The van der Waals surface area contributed by atoms with Gasteiger partial charge in [0.1, 0.15) is 58.4 Å². The average molecular weight is 728 g/mol. The summed E-state index contributed by atoms with van der Waals surface area (Å²) in [5, 5.41) is 17.6. The molecule has 2 N–H and O–H groups in total. The molecule has 0 bridgehead atoms. The molecule has 10 rings (SSSR count). The van der Waals surface area contributed by atoms with Crippen LogP contribution in [0.15, 0.2) is 61.2 Å². The zero-order chi connectivity index (χ0) is 36.6. The summed E-state index contributed by atoms with van der Waals surface area (Å²) in [6.45, 7) is 13.7. The van der Waals surface area contributed by atoms with Crippen molar-refractivity contribution < 1.29 is 14.2 Å². The van der Waals surface area contributed by atoms with E-state index in [9.17, 15) is 0 Å². The number of aromatic amines is 2. The lowest BCUT2D eigenvalue weighted by Gasteiger charge is -2.41. The van der Waals surface area contributed by atoms with Crippen molar-refractivity contribution in [2.45, 2.75) is 76.3 Å². The van der Waals surface area contributed by atoms with E-state index >= 15 is 0 Å². The number of hydrogen-bond donors (Lipinski definition) is 2. The monoisotopic (exact) mass is 727 g/mol. The summed E-state index contributed by atoms with van der Waals surface area (Å²) in [4.78, 5) is 25.7. The molecule has 0 spiro atoms. The number of fused-ring (bicyclic) bond motifs is 2. The van der Waals surface area contributed by atoms with Gasteiger partial charge in [0.25, 0.3) is 0 Å². The van der Waals surface area contributed by atoms with E-state index in [1.165, 1.54) is 0 Å². The first-order chi connectivity index (χ1) is 26.2. The quantitative estimate of drug-likeness (QED) is 0.190. The maximum atomic E-state index is 6.78. The summed E-state index contributed by atoms with van der Waals surface area (Å²) in [7, 11) is 0. The van der Waals surface area contributed by atoms with Crippen LogP contribution in [0.25, 0.3) is 44.6 Å². The van der Waals surface area contributed by atoms with Crippen molar-refractivity contribution in [2.24, 2.45) is 0 Å². The van der Waals surface area contributed by atoms with E-state index < -0.39 is 0 Å². The highest BCUT2D eigenvalue weighted by Crippen LogP contribution is 2.46. The van der Waals surface area contributed by atoms with Crippen molar-refractivity contribution in [3.63, 3.8) is 0 Å². The topological polar surface area (TPSA) is 146 Å². The molecule has 2 aromatic carbocycles. The Bertz CT molecular complexity index is 2360. The third-order valence-electron chi connectivity index (χ3n) is 11.6. The predicted octanol–water partition coefficient (Wildman–Crippen LogP) is 5.63. The first-order valence-electron chi connectivity index (χ1n) is 19.1. The summed E-state index contributed by atoms with van der Waals surface area (Å²) in [5.74, 6) is 3.49. The van der Waals surface area contributed by atoms with Crippen LogP contribution in [-0.4, -0.2) is 114 Å². The minimum atomic E-state index is -0.286. The van der Waals surface area contributed by atoms with Gasteiger partial charge in [-0.25, -0.2) is 19.9 Å². The number of H-pyrrole nitrogens is 2. The van der Waals surface area contributed by atoms with Crippen LogP contribution in [0.5, 0.6) is 11.5 Å². The van der Waals surface area contributed by atoms with Crippen LogP contribution in [0, 0.1) is 0 Å². The van der Waals surface area contributed by atoms with Gasteiger partial charge in [0, 0.05) is 68.1 Å². The molecule has 6 aromatic rings. The summed E-state index contributed by atoms with van der Waals surface area (Å²) >= 11 is 0. The maximum Gasteiger partial charge on any atom is 0.132 e. The number of hydrogen-bond acceptors (Lipinski definition) is 12. The number of ether oxygens (including phenoxy) is 3. The Balaban J connectivity index is 0.815. The van der Waals surface area contributed by atoms with Crippen molar-refractivity contribution in [1.29, 1.82) is 0 Å². The fourth-order valence-corrected chi connectivity index (χ4v) is 8.21. The molecule has 2 aliphatic heterocycles. The largest absolute Gasteiger partial charge is 0.488 e. The van der Waals surface area contributed by atoms with Gasteiger partial charge in [-0.2, -0.15) is 10.2 Å². The zero-order valence-electron chi connectivity index (χ0n) is 31.1. The third kappa shape index (κ3) is 6.16. The van der Waals surface area contributed by atoms with Crippen LogP contribution in [-0.2, 0) is 4.74 Å². The normalized spacial score (nSPS) is 25.3. The Kier molecular flexibility index (Phi) is 7.77. The molecular formula is C40H45N11O3. The molecule has 2 unspecified atom stereocenters. The zero-order valence-corrected chi connectivity index (χ0v) is 31.1. The molecule has 2 aliphatic carbocycles. The van der Waals surface area contributed by atoms with E-state index in [-0.39, 0.29) is 17.3 Å². The van der Waals surface area contributed by atoms with Crippen LogP contribution in [0.2, 0.25) is 0 Å². The Labute approximate surface area is 313 Å². The van der Waals surface area contributed by atoms with Gasteiger partial charge in [0.2, 0.25) is 0 Å². The second kappa shape index (κ2) is 12.6. The molecule has 4 aromatic heterocycles. The van der Waals surface area contributed by atoms with Gasteiger partial charge in [0.05, 0.1) is 41.2 Å². The van der Waals surface area contributed by atoms with Gasteiger partial charge in [-0.15, -0.1) is 0 Å². The number of nitrogens with zero attached hydrogens (tertiary/aromatic N) is 9. The Morgan fingerprint density at radius 2 is 1.33 bits per heavy atom. The molecule has 4 atom stereocenters. The number of anilines is 2. The number of rotatable bonds is 9. The van der Waals surface area contributed by atoms with Crippen molar-refractivity contribution in [3.8, 4) is 34.3 Å². The molecule has 4 fully saturated rings. The summed E-state index contributed by atoms with van der Waals surface area (Å²) in [5.41, 5.74) is 4.73. The van der Waals surface area contributed by atoms with Gasteiger partial charge in [0.15, 0.2) is 0 Å². The van der Waals surface area contributed by atoms with Crippen molar-refractivity contribution >= 4 is 33.4 Å². The number of nitrogens with one attached hydrogen (secondary N) is 2. The Morgan fingerprint density at radius 1 is 0.722 bits per heavy atom. The summed E-state index contributed by atoms with van der Waals surface area (Å²) in [6.07, 6.45) is 6.57. The molecule has 4 aliphatic rings. The first kappa shape index (κ1) is 33.2. The molecule has 278 valence electrons. The highest BCUT2D eigenvalue weighted by molar-refractivity contribution is 5.94. The fourth-order valence-electron chi connectivity index (χ4n) is 8.21. The maximum absolute atomic E-state index is 6.78. The van der Waals surface area contributed by atoms with Crippen molar-refractivity contribution in [1.82, 2.24) is 45.2 Å². The molecular weight excluding hydrogens is 683 g/mol. The van der Waals surface area contributed by atoms with Gasteiger partial charge in [-0.3, -0.25) is 15.1 Å². The van der Waals surface area contributed by atoms with Gasteiger partial charge >= 0.3 is 0 Å². The van der Waals surface area contributed by atoms with E-state index in [1.807, 2.05) is 30.3 Å². The molecule has 2 saturated carbocycles. The minimum absolute atomic E-state index is 0.0479.